The molecule has 0 atom stereocenters. The number of phenolic OH excluding ortho intramolecular Hbond substituents is 2. The molecule has 0 saturated carbocycles. The third-order valence-electron chi connectivity index (χ3n) is 2.22. The smallest absolute Gasteiger partial charge is 0.189 e. The molecular formula is C13H10O3S. The highest BCUT2D eigenvalue weighted by molar-refractivity contribution is 7.08. The van der Waals surface area contributed by atoms with Crippen LogP contribution >= 0.6 is 11.3 Å². The quantitative estimate of drug-likeness (QED) is 0.497. The molecule has 2 rings (SSSR count). The van der Waals surface area contributed by atoms with Crippen molar-refractivity contribution in [3.8, 4) is 11.5 Å². The van der Waals surface area contributed by atoms with Crippen LogP contribution in [0.2, 0.25) is 0 Å². The molecule has 0 aliphatic heterocycles. The predicted molar refractivity (Wildman–Crippen MR) is 67.5 cm³/mol. The fourth-order valence-electron chi connectivity index (χ4n) is 1.35. The summed E-state index contributed by atoms with van der Waals surface area (Å²) < 4.78 is 0. The van der Waals surface area contributed by atoms with Crippen molar-refractivity contribution in [3.63, 3.8) is 0 Å². The predicted octanol–water partition coefficient (Wildman–Crippen LogP) is 3.06. The van der Waals surface area contributed by atoms with E-state index in [-0.39, 0.29) is 22.8 Å². The van der Waals surface area contributed by atoms with E-state index in [1.807, 2.05) is 16.8 Å². The molecule has 0 unspecified atom stereocenters. The molecular weight excluding hydrogens is 236 g/mol. The zero-order valence-corrected chi connectivity index (χ0v) is 9.65. The molecule has 3 nitrogen and oxygen atoms in total. The van der Waals surface area contributed by atoms with E-state index < -0.39 is 0 Å². The Morgan fingerprint density at radius 2 is 2.06 bits per heavy atom. The summed E-state index contributed by atoms with van der Waals surface area (Å²) in [5.41, 5.74) is 1.03. The molecule has 2 aromatic rings. The molecule has 0 aliphatic carbocycles. The monoisotopic (exact) mass is 246 g/mol. The highest BCUT2D eigenvalue weighted by Crippen LogP contribution is 2.23. The minimum absolute atomic E-state index is 0.0462. The molecule has 1 aromatic carbocycles. The first-order valence-electron chi connectivity index (χ1n) is 4.93. The molecule has 17 heavy (non-hydrogen) atoms. The number of carbonyl (C=O) groups is 1. The summed E-state index contributed by atoms with van der Waals surface area (Å²) in [6.45, 7) is 0. The first-order chi connectivity index (χ1) is 8.16. The molecule has 0 saturated heterocycles. The van der Waals surface area contributed by atoms with E-state index in [0.29, 0.717) is 0 Å². The second-order valence-electron chi connectivity index (χ2n) is 3.46. The van der Waals surface area contributed by atoms with Gasteiger partial charge in [-0.1, -0.05) is 6.08 Å². The molecule has 0 amide bonds. The number of carbonyl (C=O) groups excluding carboxylic acids is 1. The van der Waals surface area contributed by atoms with Crippen LogP contribution in [0.15, 0.2) is 41.1 Å². The number of phenols is 2. The molecule has 1 heterocycles. The van der Waals surface area contributed by atoms with E-state index in [4.69, 9.17) is 0 Å². The number of hydrogen-bond acceptors (Lipinski definition) is 4. The van der Waals surface area contributed by atoms with Crippen molar-refractivity contribution in [2.24, 2.45) is 0 Å². The fraction of sp³-hybridized carbons (Fsp3) is 0. The van der Waals surface area contributed by atoms with Gasteiger partial charge in [-0.05, 0) is 46.7 Å². The lowest BCUT2D eigenvalue weighted by Gasteiger charge is -2.00. The molecule has 0 bridgehead atoms. The van der Waals surface area contributed by atoms with Gasteiger partial charge in [-0.15, -0.1) is 0 Å². The van der Waals surface area contributed by atoms with Crippen LogP contribution in [0.4, 0.5) is 0 Å². The molecule has 0 radical (unpaired) electrons. The maximum Gasteiger partial charge on any atom is 0.189 e. The topological polar surface area (TPSA) is 57.5 Å². The molecule has 2 N–H and O–H groups in total. The zero-order chi connectivity index (χ0) is 12.3. The Kier molecular flexibility index (Phi) is 3.25. The third kappa shape index (κ3) is 2.73. The van der Waals surface area contributed by atoms with Crippen molar-refractivity contribution in [1.29, 1.82) is 0 Å². The fourth-order valence-corrected chi connectivity index (χ4v) is 1.98. The van der Waals surface area contributed by atoms with E-state index >= 15 is 0 Å². The molecule has 1 aromatic heterocycles. The highest BCUT2D eigenvalue weighted by Gasteiger charge is 2.08. The summed E-state index contributed by atoms with van der Waals surface area (Å²) in [6, 6.07) is 5.75. The number of hydrogen-bond donors (Lipinski definition) is 2. The summed E-state index contributed by atoms with van der Waals surface area (Å²) in [5.74, 6) is -0.526. The van der Waals surface area contributed by atoms with Crippen LogP contribution in [0.1, 0.15) is 15.9 Å². The molecule has 0 spiro atoms. The van der Waals surface area contributed by atoms with Gasteiger partial charge >= 0.3 is 0 Å². The summed E-state index contributed by atoms with van der Waals surface area (Å²) in [4.78, 5) is 11.8. The number of allylic oxidation sites excluding steroid dienone is 1. The van der Waals surface area contributed by atoms with Crippen LogP contribution in [0.25, 0.3) is 6.08 Å². The first-order valence-corrected chi connectivity index (χ1v) is 5.87. The van der Waals surface area contributed by atoms with Gasteiger partial charge in [-0.25, -0.2) is 0 Å². The summed E-state index contributed by atoms with van der Waals surface area (Å²) in [6.07, 6.45) is 3.04. The lowest BCUT2D eigenvalue weighted by Crippen LogP contribution is -1.94. The van der Waals surface area contributed by atoms with Crippen molar-refractivity contribution in [2.75, 3.05) is 0 Å². The van der Waals surface area contributed by atoms with Gasteiger partial charge in [0.2, 0.25) is 0 Å². The van der Waals surface area contributed by atoms with E-state index in [0.717, 1.165) is 5.56 Å². The lowest BCUT2D eigenvalue weighted by molar-refractivity contribution is 0.104. The van der Waals surface area contributed by atoms with Crippen molar-refractivity contribution in [3.05, 3.63) is 52.2 Å². The molecule has 86 valence electrons. The maximum atomic E-state index is 11.8. The van der Waals surface area contributed by atoms with Crippen LogP contribution in [-0.2, 0) is 0 Å². The van der Waals surface area contributed by atoms with Gasteiger partial charge in [0.15, 0.2) is 5.78 Å². The van der Waals surface area contributed by atoms with Gasteiger partial charge in [-0.2, -0.15) is 11.3 Å². The minimum atomic E-state index is -0.343. The van der Waals surface area contributed by atoms with Crippen LogP contribution in [0.3, 0.4) is 0 Å². The number of benzene rings is 1. The standard InChI is InChI=1S/C13H10O3S/c14-10-2-4-13(16)11(7-10)12(15)3-1-9-5-6-17-8-9/h1-8,14,16H/b3-1+. The Bertz CT molecular complexity index is 556. The molecule has 0 fully saturated rings. The second kappa shape index (κ2) is 4.84. The Balaban J connectivity index is 2.23. The van der Waals surface area contributed by atoms with Crippen LogP contribution in [-0.4, -0.2) is 16.0 Å². The number of rotatable bonds is 3. The summed E-state index contributed by atoms with van der Waals surface area (Å²) in [5, 5.41) is 22.6. The van der Waals surface area contributed by atoms with Crippen LogP contribution in [0, 0.1) is 0 Å². The minimum Gasteiger partial charge on any atom is -0.508 e. The number of ketones is 1. The van der Waals surface area contributed by atoms with Gasteiger partial charge in [0.1, 0.15) is 11.5 Å². The van der Waals surface area contributed by atoms with Crippen molar-refractivity contribution < 1.29 is 15.0 Å². The van der Waals surface area contributed by atoms with Crippen LogP contribution < -0.4 is 0 Å². The third-order valence-corrected chi connectivity index (χ3v) is 2.92. The second-order valence-corrected chi connectivity index (χ2v) is 4.24. The zero-order valence-electron chi connectivity index (χ0n) is 8.83. The van der Waals surface area contributed by atoms with Crippen molar-refractivity contribution >= 4 is 23.2 Å². The van der Waals surface area contributed by atoms with Gasteiger partial charge < -0.3 is 10.2 Å². The Hall–Kier alpha value is -2.07. The van der Waals surface area contributed by atoms with Crippen LogP contribution in [0.5, 0.6) is 11.5 Å². The first kappa shape index (κ1) is 11.4. The van der Waals surface area contributed by atoms with E-state index in [1.165, 1.54) is 24.3 Å². The molecule has 0 aliphatic rings. The van der Waals surface area contributed by atoms with Gasteiger partial charge in [0.25, 0.3) is 0 Å². The SMILES string of the molecule is O=C(/C=C/c1ccsc1)c1cc(O)ccc1O. The Labute approximate surface area is 102 Å². The maximum absolute atomic E-state index is 11.8. The Morgan fingerprint density at radius 3 is 2.76 bits per heavy atom. The summed E-state index contributed by atoms with van der Waals surface area (Å²) >= 11 is 1.54. The molecule has 4 heteroatoms. The number of thiophene rings is 1. The average Bonchev–Trinajstić information content (AvgIpc) is 2.82. The van der Waals surface area contributed by atoms with E-state index in [9.17, 15) is 15.0 Å². The highest BCUT2D eigenvalue weighted by atomic mass is 32.1. The summed E-state index contributed by atoms with van der Waals surface area (Å²) in [7, 11) is 0. The largest absolute Gasteiger partial charge is 0.508 e. The number of aromatic hydroxyl groups is 2. The normalized spacial score (nSPS) is 10.8. The van der Waals surface area contributed by atoms with E-state index in [1.54, 1.807) is 17.4 Å². The van der Waals surface area contributed by atoms with E-state index in [2.05, 4.69) is 0 Å². The van der Waals surface area contributed by atoms with Gasteiger partial charge in [0, 0.05) is 0 Å². The van der Waals surface area contributed by atoms with Gasteiger partial charge in [-0.3, -0.25) is 4.79 Å². The van der Waals surface area contributed by atoms with Crippen molar-refractivity contribution in [2.45, 2.75) is 0 Å². The van der Waals surface area contributed by atoms with Crippen molar-refractivity contribution in [1.82, 2.24) is 0 Å². The Morgan fingerprint density at radius 1 is 1.24 bits per heavy atom. The average molecular weight is 246 g/mol. The lowest BCUT2D eigenvalue weighted by atomic mass is 10.1. The van der Waals surface area contributed by atoms with Gasteiger partial charge in [0.05, 0.1) is 5.56 Å².